The van der Waals surface area contributed by atoms with Crippen LogP contribution in [0, 0.1) is 0 Å². The molecule has 0 amide bonds. The van der Waals surface area contributed by atoms with Gasteiger partial charge in [-0.3, -0.25) is 4.39 Å². The number of ether oxygens (including phenoxy) is 1. The van der Waals surface area contributed by atoms with Gasteiger partial charge in [-0.25, -0.2) is 0 Å². The minimum Gasteiger partial charge on any atom is -0.497 e. The molecule has 1 aromatic rings. The number of benzene rings is 1. The van der Waals surface area contributed by atoms with Crippen molar-refractivity contribution in [3.63, 3.8) is 0 Å². The third kappa shape index (κ3) is 3.54. The third-order valence-corrected chi connectivity index (χ3v) is 2.20. The van der Waals surface area contributed by atoms with Crippen molar-refractivity contribution in [2.24, 2.45) is 0 Å². The van der Waals surface area contributed by atoms with E-state index in [-0.39, 0.29) is 6.67 Å². The number of alkyl halides is 1. The fourth-order valence-corrected chi connectivity index (χ4v) is 1.55. The average Bonchev–Trinajstić information content (AvgIpc) is 2.17. The maximum absolute atomic E-state index is 11.8. The van der Waals surface area contributed by atoms with Gasteiger partial charge in [0.15, 0.2) is 0 Å². The zero-order chi connectivity index (χ0) is 10.4. The highest BCUT2D eigenvalue weighted by molar-refractivity contribution is 9.10. The number of rotatable bonds is 5. The summed E-state index contributed by atoms with van der Waals surface area (Å²) in [6.45, 7) is 0.342. The van der Waals surface area contributed by atoms with Gasteiger partial charge in [0, 0.05) is 22.8 Å². The Labute approximate surface area is 91.6 Å². The molecule has 0 fully saturated rings. The summed E-state index contributed by atoms with van der Waals surface area (Å²) < 4.78 is 17.9. The first-order chi connectivity index (χ1) is 6.76. The average molecular weight is 262 g/mol. The van der Waals surface area contributed by atoms with Crippen molar-refractivity contribution in [2.45, 2.75) is 6.42 Å². The largest absolute Gasteiger partial charge is 0.497 e. The molecule has 0 atom stereocenters. The van der Waals surface area contributed by atoms with Crippen LogP contribution in [0.4, 0.5) is 10.1 Å². The second kappa shape index (κ2) is 5.86. The number of hydrogen-bond acceptors (Lipinski definition) is 2. The molecule has 0 radical (unpaired) electrons. The van der Waals surface area contributed by atoms with E-state index in [4.69, 9.17) is 4.74 Å². The lowest BCUT2D eigenvalue weighted by atomic mass is 10.3. The molecule has 0 aliphatic heterocycles. The lowest BCUT2D eigenvalue weighted by Crippen LogP contribution is -2.02. The van der Waals surface area contributed by atoms with E-state index in [2.05, 4.69) is 21.2 Å². The Morgan fingerprint density at radius 3 is 2.86 bits per heavy atom. The molecule has 0 spiro atoms. The fourth-order valence-electron chi connectivity index (χ4n) is 1.08. The second-order valence-electron chi connectivity index (χ2n) is 2.85. The summed E-state index contributed by atoms with van der Waals surface area (Å²) in [6.07, 6.45) is 0.523. The van der Waals surface area contributed by atoms with Crippen molar-refractivity contribution in [3.8, 4) is 5.75 Å². The van der Waals surface area contributed by atoms with Gasteiger partial charge in [-0.15, -0.1) is 0 Å². The highest BCUT2D eigenvalue weighted by Crippen LogP contribution is 2.24. The van der Waals surface area contributed by atoms with E-state index in [1.54, 1.807) is 7.11 Å². The van der Waals surface area contributed by atoms with Gasteiger partial charge in [0.25, 0.3) is 0 Å². The fraction of sp³-hybridized carbons (Fsp3) is 0.400. The Hall–Kier alpha value is -0.770. The highest BCUT2D eigenvalue weighted by atomic mass is 79.9. The van der Waals surface area contributed by atoms with Crippen molar-refractivity contribution in [1.82, 2.24) is 0 Å². The van der Waals surface area contributed by atoms with Crippen LogP contribution < -0.4 is 10.1 Å². The third-order valence-electron chi connectivity index (χ3n) is 1.75. The van der Waals surface area contributed by atoms with Gasteiger partial charge < -0.3 is 10.1 Å². The summed E-state index contributed by atoms with van der Waals surface area (Å²) >= 11 is 3.37. The number of anilines is 1. The number of halogens is 2. The first-order valence-corrected chi connectivity index (χ1v) is 5.20. The predicted octanol–water partition coefficient (Wildman–Crippen LogP) is 3.23. The molecule has 0 saturated heterocycles. The molecule has 0 aliphatic rings. The zero-order valence-electron chi connectivity index (χ0n) is 8.02. The second-order valence-corrected chi connectivity index (χ2v) is 3.76. The van der Waals surface area contributed by atoms with Crippen molar-refractivity contribution in [1.29, 1.82) is 0 Å². The summed E-state index contributed by atoms with van der Waals surface area (Å²) in [5.74, 6) is 0.780. The van der Waals surface area contributed by atoms with Crippen LogP contribution in [0.3, 0.4) is 0 Å². The Kier molecular flexibility index (Phi) is 4.73. The quantitative estimate of drug-likeness (QED) is 0.822. The molecule has 0 heterocycles. The molecule has 0 unspecified atom stereocenters. The summed E-state index contributed by atoms with van der Waals surface area (Å²) in [5.41, 5.74) is 0.935. The van der Waals surface area contributed by atoms with Gasteiger partial charge in [0.1, 0.15) is 5.75 Å². The molecule has 1 aromatic carbocycles. The Morgan fingerprint density at radius 2 is 2.21 bits per heavy atom. The van der Waals surface area contributed by atoms with Gasteiger partial charge >= 0.3 is 0 Å². The monoisotopic (exact) mass is 261 g/mol. The van der Waals surface area contributed by atoms with Crippen LogP contribution in [0.1, 0.15) is 6.42 Å². The predicted molar refractivity (Wildman–Crippen MR) is 59.8 cm³/mol. The lowest BCUT2D eigenvalue weighted by molar-refractivity contribution is 0.414. The first kappa shape index (κ1) is 11.3. The molecule has 1 rings (SSSR count). The molecule has 0 bridgehead atoms. The Bertz CT molecular complexity index is 293. The summed E-state index contributed by atoms with van der Waals surface area (Å²) in [7, 11) is 1.62. The zero-order valence-corrected chi connectivity index (χ0v) is 9.60. The van der Waals surface area contributed by atoms with E-state index < -0.39 is 0 Å². The minimum absolute atomic E-state index is 0.294. The summed E-state index contributed by atoms with van der Waals surface area (Å²) in [5, 5.41) is 3.11. The standard InChI is InChI=1S/C10H13BrFNO/c1-14-10-6-8(11)5-9(7-10)13-4-2-3-12/h5-7,13H,2-4H2,1H3. The van der Waals surface area contributed by atoms with Gasteiger partial charge in [-0.1, -0.05) is 15.9 Å². The van der Waals surface area contributed by atoms with Crippen molar-refractivity contribution in [3.05, 3.63) is 22.7 Å². The van der Waals surface area contributed by atoms with E-state index in [9.17, 15) is 4.39 Å². The van der Waals surface area contributed by atoms with Gasteiger partial charge in [-0.2, -0.15) is 0 Å². The van der Waals surface area contributed by atoms with Crippen LogP contribution in [0.25, 0.3) is 0 Å². The number of nitrogens with one attached hydrogen (secondary N) is 1. The van der Waals surface area contributed by atoms with Gasteiger partial charge in [0.05, 0.1) is 13.8 Å². The Balaban J connectivity index is 2.62. The molecule has 78 valence electrons. The Morgan fingerprint density at radius 1 is 1.43 bits per heavy atom. The lowest BCUT2D eigenvalue weighted by Gasteiger charge is -2.07. The highest BCUT2D eigenvalue weighted by Gasteiger charge is 1.98. The van der Waals surface area contributed by atoms with Crippen LogP contribution in [0.15, 0.2) is 22.7 Å². The number of methoxy groups -OCH3 is 1. The van der Waals surface area contributed by atoms with Crippen LogP contribution >= 0.6 is 15.9 Å². The first-order valence-electron chi connectivity index (χ1n) is 4.40. The molecule has 4 heteroatoms. The van der Waals surface area contributed by atoms with Crippen LogP contribution in [-0.4, -0.2) is 20.3 Å². The van der Waals surface area contributed by atoms with E-state index in [1.807, 2.05) is 18.2 Å². The summed E-state index contributed by atoms with van der Waals surface area (Å²) in [4.78, 5) is 0. The van der Waals surface area contributed by atoms with Crippen LogP contribution in [0.5, 0.6) is 5.75 Å². The van der Waals surface area contributed by atoms with Crippen molar-refractivity contribution < 1.29 is 9.13 Å². The molecule has 14 heavy (non-hydrogen) atoms. The van der Waals surface area contributed by atoms with Crippen LogP contribution in [0.2, 0.25) is 0 Å². The van der Waals surface area contributed by atoms with Crippen LogP contribution in [-0.2, 0) is 0 Å². The van der Waals surface area contributed by atoms with Crippen molar-refractivity contribution in [2.75, 3.05) is 25.6 Å². The molecule has 0 aliphatic carbocycles. The van der Waals surface area contributed by atoms with E-state index >= 15 is 0 Å². The molecular weight excluding hydrogens is 249 g/mol. The summed E-state index contributed by atoms with van der Waals surface area (Å²) in [6, 6.07) is 5.68. The molecule has 2 nitrogen and oxygen atoms in total. The minimum atomic E-state index is -0.294. The topological polar surface area (TPSA) is 21.3 Å². The SMILES string of the molecule is COc1cc(Br)cc(NCCCF)c1. The van der Waals surface area contributed by atoms with E-state index in [0.29, 0.717) is 13.0 Å². The van der Waals surface area contributed by atoms with Gasteiger partial charge in [-0.05, 0) is 18.6 Å². The molecule has 0 saturated carbocycles. The maximum Gasteiger partial charge on any atom is 0.122 e. The normalized spacial score (nSPS) is 9.93. The van der Waals surface area contributed by atoms with Gasteiger partial charge in [0.2, 0.25) is 0 Å². The van der Waals surface area contributed by atoms with E-state index in [0.717, 1.165) is 15.9 Å². The molecule has 0 aromatic heterocycles. The molecule has 1 N–H and O–H groups in total. The maximum atomic E-state index is 11.8. The van der Waals surface area contributed by atoms with Crippen molar-refractivity contribution >= 4 is 21.6 Å². The number of hydrogen-bond donors (Lipinski definition) is 1. The molecular formula is C10H13BrFNO. The van der Waals surface area contributed by atoms with E-state index in [1.165, 1.54) is 0 Å². The smallest absolute Gasteiger partial charge is 0.122 e.